The van der Waals surface area contributed by atoms with Gasteiger partial charge in [-0.1, -0.05) is 0 Å². The molecule has 1 saturated heterocycles. The van der Waals surface area contributed by atoms with E-state index in [-0.39, 0.29) is 11.9 Å². The van der Waals surface area contributed by atoms with Gasteiger partial charge in [-0.2, -0.15) is 12.6 Å². The van der Waals surface area contributed by atoms with E-state index in [1.807, 2.05) is 0 Å². The Labute approximate surface area is 91.0 Å². The van der Waals surface area contributed by atoms with Crippen molar-refractivity contribution in [3.63, 3.8) is 0 Å². The van der Waals surface area contributed by atoms with Crippen LogP contribution >= 0.6 is 12.6 Å². The summed E-state index contributed by atoms with van der Waals surface area (Å²) in [6.07, 6.45) is 2.63. The van der Waals surface area contributed by atoms with Crippen molar-refractivity contribution in [3.8, 4) is 0 Å². The van der Waals surface area contributed by atoms with Crippen molar-refractivity contribution in [1.82, 2.24) is 5.32 Å². The van der Waals surface area contributed by atoms with Gasteiger partial charge in [0, 0.05) is 25.7 Å². The molecule has 1 fully saturated rings. The number of thiol groups is 1. The molecule has 14 heavy (non-hydrogen) atoms. The van der Waals surface area contributed by atoms with Gasteiger partial charge in [-0.25, -0.2) is 0 Å². The Morgan fingerprint density at radius 1 is 1.57 bits per heavy atom. The minimum absolute atomic E-state index is 0.110. The second kappa shape index (κ2) is 6.30. The molecule has 3 nitrogen and oxygen atoms in total. The molecule has 0 spiro atoms. The van der Waals surface area contributed by atoms with Crippen molar-refractivity contribution < 1.29 is 9.53 Å². The summed E-state index contributed by atoms with van der Waals surface area (Å²) in [6.45, 7) is 3.74. The number of carbonyl (C=O) groups is 1. The monoisotopic (exact) mass is 217 g/mol. The van der Waals surface area contributed by atoms with Crippen LogP contribution in [0.2, 0.25) is 0 Å². The van der Waals surface area contributed by atoms with Gasteiger partial charge in [0.15, 0.2) is 0 Å². The first kappa shape index (κ1) is 11.9. The van der Waals surface area contributed by atoms with Gasteiger partial charge in [-0.3, -0.25) is 4.79 Å². The van der Waals surface area contributed by atoms with Gasteiger partial charge in [0.1, 0.15) is 0 Å². The Balaban J connectivity index is 2.25. The third kappa shape index (κ3) is 3.88. The SMILES string of the molecule is CC(NC(=O)CCS)C1CCOCC1. The van der Waals surface area contributed by atoms with Crippen LogP contribution < -0.4 is 5.32 Å². The van der Waals surface area contributed by atoms with Gasteiger partial charge in [0.2, 0.25) is 5.91 Å². The molecule has 1 aliphatic rings. The van der Waals surface area contributed by atoms with Crippen molar-refractivity contribution in [3.05, 3.63) is 0 Å². The zero-order valence-corrected chi connectivity index (χ0v) is 9.56. The predicted molar refractivity (Wildman–Crippen MR) is 59.6 cm³/mol. The topological polar surface area (TPSA) is 38.3 Å². The molecule has 0 aromatic rings. The number of hydrogen-bond acceptors (Lipinski definition) is 3. The first-order valence-corrected chi connectivity index (χ1v) is 5.85. The minimum atomic E-state index is 0.110. The van der Waals surface area contributed by atoms with E-state index >= 15 is 0 Å². The highest BCUT2D eigenvalue weighted by Gasteiger charge is 2.21. The summed E-state index contributed by atoms with van der Waals surface area (Å²) in [6, 6.07) is 0.270. The Kier molecular flexibility index (Phi) is 5.33. The van der Waals surface area contributed by atoms with Gasteiger partial charge in [0.05, 0.1) is 0 Å². The van der Waals surface area contributed by atoms with Crippen LogP contribution in [-0.2, 0) is 9.53 Å². The summed E-state index contributed by atoms with van der Waals surface area (Å²) in [5, 5.41) is 3.01. The molecule has 0 aromatic carbocycles. The van der Waals surface area contributed by atoms with Crippen LogP contribution in [0.1, 0.15) is 26.2 Å². The van der Waals surface area contributed by atoms with E-state index in [9.17, 15) is 4.79 Å². The standard InChI is InChI=1S/C10H19NO2S/c1-8(11-10(12)4-7-14)9-2-5-13-6-3-9/h8-9,14H,2-7H2,1H3,(H,11,12). The van der Waals surface area contributed by atoms with E-state index in [1.54, 1.807) is 0 Å². The Morgan fingerprint density at radius 3 is 2.79 bits per heavy atom. The van der Waals surface area contributed by atoms with E-state index < -0.39 is 0 Å². The average molecular weight is 217 g/mol. The summed E-state index contributed by atoms with van der Waals surface area (Å²) >= 11 is 4.03. The molecule has 1 heterocycles. The number of rotatable bonds is 4. The van der Waals surface area contributed by atoms with Crippen LogP contribution in [0, 0.1) is 5.92 Å². The molecule has 1 unspecified atom stereocenters. The van der Waals surface area contributed by atoms with Gasteiger partial charge >= 0.3 is 0 Å². The zero-order valence-electron chi connectivity index (χ0n) is 8.66. The van der Waals surface area contributed by atoms with E-state index in [4.69, 9.17) is 4.74 Å². The summed E-state index contributed by atoms with van der Waals surface area (Å²) in [4.78, 5) is 11.3. The summed E-state index contributed by atoms with van der Waals surface area (Å²) < 4.78 is 5.28. The first-order chi connectivity index (χ1) is 6.74. The molecule has 1 atom stereocenters. The highest BCUT2D eigenvalue weighted by atomic mass is 32.1. The molecule has 82 valence electrons. The van der Waals surface area contributed by atoms with Gasteiger partial charge in [-0.05, 0) is 31.4 Å². The molecular formula is C10H19NO2S. The third-order valence-electron chi connectivity index (χ3n) is 2.70. The fraction of sp³-hybridized carbons (Fsp3) is 0.900. The second-order valence-corrected chi connectivity index (χ2v) is 4.23. The predicted octanol–water partition coefficient (Wildman–Crippen LogP) is 1.24. The molecular weight excluding hydrogens is 198 g/mol. The normalized spacial score (nSPS) is 20.4. The van der Waals surface area contributed by atoms with Crippen molar-refractivity contribution >= 4 is 18.5 Å². The van der Waals surface area contributed by atoms with Crippen LogP contribution in [0.4, 0.5) is 0 Å². The van der Waals surface area contributed by atoms with E-state index in [2.05, 4.69) is 24.9 Å². The molecule has 0 aliphatic carbocycles. The molecule has 1 amide bonds. The fourth-order valence-electron chi connectivity index (χ4n) is 1.76. The van der Waals surface area contributed by atoms with Crippen LogP contribution in [0.15, 0.2) is 0 Å². The number of carbonyl (C=O) groups excluding carboxylic acids is 1. The lowest BCUT2D eigenvalue weighted by Gasteiger charge is -2.28. The van der Waals surface area contributed by atoms with Crippen molar-refractivity contribution in [2.75, 3.05) is 19.0 Å². The third-order valence-corrected chi connectivity index (χ3v) is 2.92. The van der Waals surface area contributed by atoms with E-state index in [1.165, 1.54) is 0 Å². The highest BCUT2D eigenvalue weighted by Crippen LogP contribution is 2.18. The second-order valence-electron chi connectivity index (χ2n) is 3.78. The van der Waals surface area contributed by atoms with Crippen molar-refractivity contribution in [1.29, 1.82) is 0 Å². The lowest BCUT2D eigenvalue weighted by Crippen LogP contribution is -2.40. The maximum atomic E-state index is 11.3. The first-order valence-electron chi connectivity index (χ1n) is 5.22. The molecule has 1 aliphatic heterocycles. The number of nitrogens with one attached hydrogen (secondary N) is 1. The average Bonchev–Trinajstić information content (AvgIpc) is 2.19. The largest absolute Gasteiger partial charge is 0.381 e. The van der Waals surface area contributed by atoms with Crippen LogP contribution in [-0.4, -0.2) is 30.9 Å². The number of hydrogen-bond donors (Lipinski definition) is 2. The van der Waals surface area contributed by atoms with Gasteiger partial charge in [-0.15, -0.1) is 0 Å². The molecule has 0 bridgehead atoms. The lowest BCUT2D eigenvalue weighted by atomic mass is 9.93. The Hall–Kier alpha value is -0.220. The van der Waals surface area contributed by atoms with Gasteiger partial charge < -0.3 is 10.1 Å². The summed E-state index contributed by atoms with van der Waals surface area (Å²) in [7, 11) is 0. The zero-order chi connectivity index (χ0) is 10.4. The Morgan fingerprint density at radius 2 is 2.21 bits per heavy atom. The molecule has 4 heteroatoms. The molecule has 0 radical (unpaired) electrons. The molecule has 0 saturated carbocycles. The maximum absolute atomic E-state index is 11.3. The number of ether oxygens (including phenoxy) is 1. The maximum Gasteiger partial charge on any atom is 0.221 e. The highest BCUT2D eigenvalue weighted by molar-refractivity contribution is 7.80. The van der Waals surface area contributed by atoms with Crippen molar-refractivity contribution in [2.24, 2.45) is 5.92 Å². The number of amides is 1. The van der Waals surface area contributed by atoms with Crippen molar-refractivity contribution in [2.45, 2.75) is 32.2 Å². The van der Waals surface area contributed by atoms with Gasteiger partial charge in [0.25, 0.3) is 0 Å². The molecule has 1 rings (SSSR count). The molecule has 1 N–H and O–H groups in total. The minimum Gasteiger partial charge on any atom is -0.381 e. The van der Waals surface area contributed by atoms with Crippen LogP contribution in [0.25, 0.3) is 0 Å². The van der Waals surface area contributed by atoms with Crippen LogP contribution in [0.5, 0.6) is 0 Å². The van der Waals surface area contributed by atoms with E-state index in [0.29, 0.717) is 18.1 Å². The quantitative estimate of drug-likeness (QED) is 0.695. The van der Waals surface area contributed by atoms with E-state index in [0.717, 1.165) is 26.1 Å². The van der Waals surface area contributed by atoms with Crippen LogP contribution in [0.3, 0.4) is 0 Å². The lowest BCUT2D eigenvalue weighted by molar-refractivity contribution is -0.121. The summed E-state index contributed by atoms with van der Waals surface area (Å²) in [5.74, 6) is 1.30. The molecule has 0 aromatic heterocycles. The Bertz CT molecular complexity index is 181. The fourth-order valence-corrected chi connectivity index (χ4v) is 1.96. The smallest absolute Gasteiger partial charge is 0.221 e. The summed E-state index contributed by atoms with van der Waals surface area (Å²) in [5.41, 5.74) is 0.